The smallest absolute Gasteiger partial charge is 0.243 e. The Morgan fingerprint density at radius 3 is 2.56 bits per heavy atom. The summed E-state index contributed by atoms with van der Waals surface area (Å²) < 4.78 is 25.8. The molecule has 3 rings (SSSR count). The molecule has 0 atom stereocenters. The molecule has 2 N–H and O–H groups in total. The molecule has 0 aliphatic carbocycles. The number of sulfonamides is 1. The Bertz CT molecular complexity index is 970. The van der Waals surface area contributed by atoms with Gasteiger partial charge in [-0.05, 0) is 61.6 Å². The van der Waals surface area contributed by atoms with Crippen LogP contribution in [0.5, 0.6) is 0 Å². The molecule has 0 saturated carbocycles. The van der Waals surface area contributed by atoms with Gasteiger partial charge in [-0.3, -0.25) is 9.52 Å². The third-order valence-corrected chi connectivity index (χ3v) is 5.45. The lowest BCUT2D eigenvalue weighted by Gasteiger charge is -2.32. The van der Waals surface area contributed by atoms with Gasteiger partial charge in [-0.1, -0.05) is 18.2 Å². The number of carbonyl (C=O) groups excluding carboxylic acids is 1. The van der Waals surface area contributed by atoms with E-state index in [0.29, 0.717) is 5.69 Å². The highest BCUT2D eigenvalue weighted by Gasteiger charge is 2.22. The van der Waals surface area contributed by atoms with Crippen LogP contribution in [0.25, 0.3) is 0 Å². The third kappa shape index (κ3) is 4.60. The van der Waals surface area contributed by atoms with Gasteiger partial charge >= 0.3 is 0 Å². The number of benzene rings is 2. The van der Waals surface area contributed by atoms with Crippen LogP contribution in [0.1, 0.15) is 23.1 Å². The Labute approximate surface area is 160 Å². The van der Waals surface area contributed by atoms with Crippen molar-refractivity contribution >= 4 is 33.0 Å². The Morgan fingerprint density at radius 2 is 1.81 bits per heavy atom. The van der Waals surface area contributed by atoms with Gasteiger partial charge in [0.05, 0.1) is 18.5 Å². The Morgan fingerprint density at radius 1 is 1.11 bits per heavy atom. The van der Waals surface area contributed by atoms with Crippen molar-refractivity contribution in [2.24, 2.45) is 0 Å². The molecular weight excluding hydrogens is 362 g/mol. The predicted octanol–water partition coefficient (Wildman–Crippen LogP) is 3.07. The minimum Gasteiger partial charge on any atom is -0.362 e. The van der Waals surface area contributed by atoms with Crippen molar-refractivity contribution in [1.29, 1.82) is 0 Å². The normalized spacial score (nSPS) is 13.8. The number of hydrogen-bond donors (Lipinski definition) is 2. The highest BCUT2D eigenvalue weighted by Crippen LogP contribution is 2.33. The van der Waals surface area contributed by atoms with E-state index in [0.717, 1.165) is 53.7 Å². The molecule has 2 aromatic rings. The van der Waals surface area contributed by atoms with Gasteiger partial charge in [-0.25, -0.2) is 8.42 Å². The molecule has 1 aliphatic heterocycles. The SMILES string of the molecule is Cc1cccc(NC(=O)CN2CCCc3c(NS(C)(=O)=O)cccc32)c1C. The molecule has 0 bridgehead atoms. The molecule has 0 fully saturated rings. The summed E-state index contributed by atoms with van der Waals surface area (Å²) >= 11 is 0. The molecule has 7 heteroatoms. The first kappa shape index (κ1) is 19.2. The molecule has 1 amide bonds. The number of anilines is 3. The highest BCUT2D eigenvalue weighted by molar-refractivity contribution is 7.92. The van der Waals surface area contributed by atoms with Crippen molar-refractivity contribution in [3.63, 3.8) is 0 Å². The second-order valence-electron chi connectivity index (χ2n) is 7.00. The number of amides is 1. The number of nitrogens with one attached hydrogen (secondary N) is 2. The van der Waals surface area contributed by atoms with E-state index in [1.54, 1.807) is 6.07 Å². The zero-order valence-corrected chi connectivity index (χ0v) is 16.7. The molecule has 0 aromatic heterocycles. The van der Waals surface area contributed by atoms with E-state index < -0.39 is 10.0 Å². The molecule has 0 spiro atoms. The molecule has 0 radical (unpaired) electrons. The topological polar surface area (TPSA) is 78.5 Å². The van der Waals surface area contributed by atoms with Crippen molar-refractivity contribution < 1.29 is 13.2 Å². The zero-order chi connectivity index (χ0) is 19.6. The van der Waals surface area contributed by atoms with E-state index in [1.165, 1.54) is 0 Å². The van der Waals surface area contributed by atoms with Crippen molar-refractivity contribution in [3.05, 3.63) is 53.1 Å². The molecule has 2 aromatic carbocycles. The van der Waals surface area contributed by atoms with Crippen LogP contribution in [-0.4, -0.2) is 33.7 Å². The maximum Gasteiger partial charge on any atom is 0.243 e. The zero-order valence-electron chi connectivity index (χ0n) is 15.9. The maximum atomic E-state index is 12.6. The van der Waals surface area contributed by atoms with E-state index in [-0.39, 0.29) is 12.5 Å². The van der Waals surface area contributed by atoms with Crippen LogP contribution < -0.4 is 14.9 Å². The lowest BCUT2D eigenvalue weighted by atomic mass is 10.00. The molecule has 0 unspecified atom stereocenters. The molecule has 144 valence electrons. The Kier molecular flexibility index (Phi) is 5.41. The number of carbonyl (C=O) groups is 1. The van der Waals surface area contributed by atoms with Gasteiger partial charge in [0.1, 0.15) is 0 Å². The summed E-state index contributed by atoms with van der Waals surface area (Å²) in [6, 6.07) is 11.4. The summed E-state index contributed by atoms with van der Waals surface area (Å²) in [7, 11) is -3.35. The average molecular weight is 388 g/mol. The fourth-order valence-electron chi connectivity index (χ4n) is 3.41. The van der Waals surface area contributed by atoms with Gasteiger partial charge in [-0.15, -0.1) is 0 Å². The first-order valence-electron chi connectivity index (χ1n) is 8.95. The van der Waals surface area contributed by atoms with Gasteiger partial charge in [-0.2, -0.15) is 0 Å². The predicted molar refractivity (Wildman–Crippen MR) is 110 cm³/mol. The number of hydrogen-bond acceptors (Lipinski definition) is 4. The van der Waals surface area contributed by atoms with Crippen LogP contribution in [0, 0.1) is 13.8 Å². The fraction of sp³-hybridized carbons (Fsp3) is 0.350. The van der Waals surface area contributed by atoms with Crippen LogP contribution in [0.3, 0.4) is 0 Å². The van der Waals surface area contributed by atoms with Crippen LogP contribution in [0.2, 0.25) is 0 Å². The van der Waals surface area contributed by atoms with E-state index in [1.807, 2.05) is 49.1 Å². The first-order valence-corrected chi connectivity index (χ1v) is 10.8. The van der Waals surface area contributed by atoms with Gasteiger partial charge < -0.3 is 10.2 Å². The van der Waals surface area contributed by atoms with E-state index in [2.05, 4.69) is 10.0 Å². The maximum absolute atomic E-state index is 12.6. The quantitative estimate of drug-likeness (QED) is 0.826. The second kappa shape index (κ2) is 7.60. The number of fused-ring (bicyclic) bond motifs is 1. The average Bonchev–Trinajstić information content (AvgIpc) is 2.58. The lowest BCUT2D eigenvalue weighted by Crippen LogP contribution is -2.37. The Balaban J connectivity index is 1.79. The van der Waals surface area contributed by atoms with Gasteiger partial charge in [0.15, 0.2) is 0 Å². The third-order valence-electron chi connectivity index (χ3n) is 4.86. The van der Waals surface area contributed by atoms with E-state index >= 15 is 0 Å². The van der Waals surface area contributed by atoms with Crippen molar-refractivity contribution in [1.82, 2.24) is 0 Å². The summed E-state index contributed by atoms with van der Waals surface area (Å²) in [5.41, 5.74) is 5.45. The van der Waals surface area contributed by atoms with Crippen LogP contribution in [-0.2, 0) is 21.2 Å². The largest absolute Gasteiger partial charge is 0.362 e. The van der Waals surface area contributed by atoms with Crippen LogP contribution in [0.15, 0.2) is 36.4 Å². The van der Waals surface area contributed by atoms with E-state index in [9.17, 15) is 13.2 Å². The monoisotopic (exact) mass is 387 g/mol. The van der Waals surface area contributed by atoms with Crippen molar-refractivity contribution in [3.8, 4) is 0 Å². The standard InChI is InChI=1S/C20H25N3O3S/c1-14-7-4-9-17(15(14)2)21-20(24)13-23-12-6-8-16-18(22-27(3,25)26)10-5-11-19(16)23/h4-5,7,9-11,22H,6,8,12-13H2,1-3H3,(H,21,24). The summed E-state index contributed by atoms with van der Waals surface area (Å²) in [5, 5.41) is 2.99. The molecule has 27 heavy (non-hydrogen) atoms. The molecular formula is C20H25N3O3S. The minimum atomic E-state index is -3.35. The number of nitrogens with zero attached hydrogens (tertiary/aromatic N) is 1. The second-order valence-corrected chi connectivity index (χ2v) is 8.75. The van der Waals surface area contributed by atoms with Gasteiger partial charge in [0.2, 0.25) is 15.9 Å². The summed E-state index contributed by atoms with van der Waals surface area (Å²) in [6.45, 7) is 4.99. The Hall–Kier alpha value is -2.54. The van der Waals surface area contributed by atoms with Crippen LogP contribution >= 0.6 is 0 Å². The fourth-order valence-corrected chi connectivity index (χ4v) is 4.00. The summed E-state index contributed by atoms with van der Waals surface area (Å²) in [5.74, 6) is -0.0852. The molecule has 0 saturated heterocycles. The summed E-state index contributed by atoms with van der Waals surface area (Å²) in [4.78, 5) is 14.6. The summed E-state index contributed by atoms with van der Waals surface area (Å²) in [6.07, 6.45) is 2.79. The first-order chi connectivity index (χ1) is 12.7. The molecule has 6 nitrogen and oxygen atoms in total. The van der Waals surface area contributed by atoms with Crippen LogP contribution in [0.4, 0.5) is 17.1 Å². The molecule has 1 aliphatic rings. The van der Waals surface area contributed by atoms with Crippen molar-refractivity contribution in [2.75, 3.05) is 34.3 Å². The van der Waals surface area contributed by atoms with Gasteiger partial charge in [0, 0.05) is 17.9 Å². The molecule has 1 heterocycles. The number of aryl methyl sites for hydroxylation is 1. The van der Waals surface area contributed by atoms with Crippen molar-refractivity contribution in [2.45, 2.75) is 26.7 Å². The highest BCUT2D eigenvalue weighted by atomic mass is 32.2. The lowest BCUT2D eigenvalue weighted by molar-refractivity contribution is -0.115. The minimum absolute atomic E-state index is 0.0852. The number of rotatable bonds is 5. The van der Waals surface area contributed by atoms with E-state index in [4.69, 9.17) is 0 Å². The van der Waals surface area contributed by atoms with Gasteiger partial charge in [0.25, 0.3) is 0 Å².